The van der Waals surface area contributed by atoms with Gasteiger partial charge in [0.05, 0.1) is 6.04 Å². The standard InChI is InChI=1S/C36H58N8O7/c1-5-12-26(41-32(47)28(16-9-11-18-38)42-31(46)27(15-8-10-17-37)40-30(45)23(4)39)33(48)44-36(20-24-13-6-7-14-25(24)21-36)35(51)43-29(34(49)50)19-22(2)3/h5-7,13-14,22-23,26-29H,1,8-12,15-21,37-39H2,2-4H3,(H,40,45)(H,41,47)(H,42,46)(H,43,51)(H,44,48)(H,49,50)/t23-,26-,27-,28-,29-/m0/s1. The minimum absolute atomic E-state index is 0.0110. The number of benzene rings is 1. The molecule has 0 bridgehead atoms. The van der Waals surface area contributed by atoms with Crippen molar-refractivity contribution in [3.63, 3.8) is 0 Å². The molecule has 1 aromatic carbocycles. The van der Waals surface area contributed by atoms with Gasteiger partial charge in [0.25, 0.3) is 0 Å². The molecule has 0 radical (unpaired) electrons. The number of carboxylic acids is 1. The summed E-state index contributed by atoms with van der Waals surface area (Å²) in [6, 6.07) is 2.03. The average molecular weight is 715 g/mol. The number of nitrogens with two attached hydrogens (primary N) is 3. The monoisotopic (exact) mass is 714 g/mol. The lowest BCUT2D eigenvalue weighted by Gasteiger charge is -2.33. The molecule has 1 aliphatic carbocycles. The fraction of sp³-hybridized carbons (Fsp3) is 0.611. The number of nitrogens with one attached hydrogen (secondary N) is 5. The van der Waals surface area contributed by atoms with Crippen molar-refractivity contribution in [2.24, 2.45) is 23.1 Å². The highest BCUT2D eigenvalue weighted by Crippen LogP contribution is 2.31. The van der Waals surface area contributed by atoms with Gasteiger partial charge in [-0.3, -0.25) is 24.0 Å². The fourth-order valence-corrected chi connectivity index (χ4v) is 6.00. The van der Waals surface area contributed by atoms with Crippen LogP contribution < -0.4 is 43.8 Å². The molecule has 2 rings (SSSR count). The van der Waals surface area contributed by atoms with Crippen molar-refractivity contribution in [3.05, 3.63) is 48.0 Å². The molecule has 5 atom stereocenters. The number of hydrogen-bond acceptors (Lipinski definition) is 9. The van der Waals surface area contributed by atoms with E-state index in [4.69, 9.17) is 17.2 Å². The molecule has 0 saturated heterocycles. The van der Waals surface area contributed by atoms with Crippen molar-refractivity contribution >= 4 is 35.5 Å². The third-order valence-corrected chi connectivity index (χ3v) is 8.82. The lowest BCUT2D eigenvalue weighted by molar-refractivity contribution is -0.144. The molecule has 0 heterocycles. The molecule has 51 heavy (non-hydrogen) atoms. The smallest absolute Gasteiger partial charge is 0.326 e. The van der Waals surface area contributed by atoms with Gasteiger partial charge < -0.3 is 48.9 Å². The van der Waals surface area contributed by atoms with Crippen molar-refractivity contribution < 1.29 is 33.9 Å². The van der Waals surface area contributed by atoms with E-state index in [1.807, 2.05) is 38.1 Å². The van der Waals surface area contributed by atoms with Crippen molar-refractivity contribution in [1.82, 2.24) is 26.6 Å². The zero-order chi connectivity index (χ0) is 38.1. The van der Waals surface area contributed by atoms with Crippen molar-refractivity contribution in [1.29, 1.82) is 0 Å². The number of carbonyl (C=O) groups is 6. The highest BCUT2D eigenvalue weighted by atomic mass is 16.4. The number of carboxylic acid groups (broad SMARTS) is 1. The Morgan fingerprint density at radius 1 is 0.765 bits per heavy atom. The van der Waals surface area contributed by atoms with Crippen LogP contribution in [0.25, 0.3) is 0 Å². The third kappa shape index (κ3) is 13.4. The Hall–Kier alpha value is -4.34. The number of aliphatic carboxylic acids is 1. The van der Waals surface area contributed by atoms with Crippen molar-refractivity contribution in [2.75, 3.05) is 13.1 Å². The Morgan fingerprint density at radius 2 is 1.25 bits per heavy atom. The molecule has 0 fully saturated rings. The van der Waals surface area contributed by atoms with E-state index in [1.54, 1.807) is 0 Å². The van der Waals surface area contributed by atoms with Crippen LogP contribution in [0.2, 0.25) is 0 Å². The van der Waals surface area contributed by atoms with Gasteiger partial charge in [-0.1, -0.05) is 44.2 Å². The topological polar surface area (TPSA) is 261 Å². The average Bonchev–Trinajstić information content (AvgIpc) is 3.45. The maximum absolute atomic E-state index is 14.0. The molecule has 0 spiro atoms. The van der Waals surface area contributed by atoms with E-state index >= 15 is 0 Å². The zero-order valence-electron chi connectivity index (χ0n) is 30.2. The number of rotatable bonds is 23. The maximum Gasteiger partial charge on any atom is 0.326 e. The van der Waals surface area contributed by atoms with E-state index in [2.05, 4.69) is 33.2 Å². The second-order valence-corrected chi connectivity index (χ2v) is 13.8. The van der Waals surface area contributed by atoms with Crippen LogP contribution in [0.1, 0.15) is 83.3 Å². The van der Waals surface area contributed by atoms with Crippen LogP contribution in [0, 0.1) is 5.92 Å². The Balaban J connectivity index is 2.34. The second-order valence-electron chi connectivity index (χ2n) is 13.8. The lowest BCUT2D eigenvalue weighted by Crippen LogP contribution is -2.65. The van der Waals surface area contributed by atoms with Gasteiger partial charge in [-0.25, -0.2) is 4.79 Å². The maximum atomic E-state index is 14.0. The van der Waals surface area contributed by atoms with Crippen LogP contribution in [0.15, 0.2) is 36.9 Å². The van der Waals surface area contributed by atoms with Crippen LogP contribution in [0.4, 0.5) is 0 Å². The normalized spacial score (nSPS) is 16.1. The largest absolute Gasteiger partial charge is 0.480 e. The first-order chi connectivity index (χ1) is 24.2. The van der Waals surface area contributed by atoms with Gasteiger partial charge in [-0.05, 0) is 88.4 Å². The van der Waals surface area contributed by atoms with Crippen LogP contribution in [0.3, 0.4) is 0 Å². The summed E-state index contributed by atoms with van der Waals surface area (Å²) in [5.41, 5.74) is 17.1. The number of fused-ring (bicyclic) bond motifs is 1. The van der Waals surface area contributed by atoms with Crippen LogP contribution >= 0.6 is 0 Å². The predicted molar refractivity (Wildman–Crippen MR) is 194 cm³/mol. The van der Waals surface area contributed by atoms with Crippen molar-refractivity contribution in [2.45, 2.75) is 121 Å². The first kappa shape index (κ1) is 42.8. The Morgan fingerprint density at radius 3 is 1.69 bits per heavy atom. The number of unbranched alkanes of at least 4 members (excludes halogenated alkanes) is 2. The summed E-state index contributed by atoms with van der Waals surface area (Å²) in [6.45, 7) is 9.68. The molecule has 15 nitrogen and oxygen atoms in total. The van der Waals surface area contributed by atoms with Crippen LogP contribution in [-0.4, -0.2) is 89.4 Å². The third-order valence-electron chi connectivity index (χ3n) is 8.82. The zero-order valence-corrected chi connectivity index (χ0v) is 30.2. The van der Waals surface area contributed by atoms with E-state index in [0.717, 1.165) is 11.1 Å². The van der Waals surface area contributed by atoms with Crippen LogP contribution in [-0.2, 0) is 41.6 Å². The molecule has 0 aromatic heterocycles. The minimum Gasteiger partial charge on any atom is -0.480 e. The fourth-order valence-electron chi connectivity index (χ4n) is 6.00. The van der Waals surface area contributed by atoms with E-state index in [1.165, 1.54) is 13.0 Å². The first-order valence-corrected chi connectivity index (χ1v) is 17.8. The Labute approximate surface area is 300 Å². The Kier molecular flexibility index (Phi) is 17.7. The summed E-state index contributed by atoms with van der Waals surface area (Å²) in [6.07, 6.45) is 4.54. The highest BCUT2D eigenvalue weighted by molar-refractivity contribution is 5.98. The van der Waals surface area contributed by atoms with E-state index in [9.17, 15) is 33.9 Å². The molecule has 12 N–H and O–H groups in total. The van der Waals surface area contributed by atoms with Gasteiger partial charge in [0.1, 0.15) is 29.7 Å². The molecular weight excluding hydrogens is 656 g/mol. The second kappa shape index (κ2) is 21.1. The molecule has 0 saturated carbocycles. The number of amides is 5. The molecule has 0 unspecified atom stereocenters. The van der Waals surface area contributed by atoms with E-state index in [0.29, 0.717) is 38.8 Å². The summed E-state index contributed by atoms with van der Waals surface area (Å²) < 4.78 is 0. The van der Waals surface area contributed by atoms with Gasteiger partial charge in [0, 0.05) is 12.8 Å². The minimum atomic E-state index is -1.53. The van der Waals surface area contributed by atoms with Gasteiger partial charge in [-0.15, -0.1) is 6.58 Å². The summed E-state index contributed by atoms with van der Waals surface area (Å²) in [5, 5.41) is 23.4. The van der Waals surface area contributed by atoms with Gasteiger partial charge in [-0.2, -0.15) is 0 Å². The van der Waals surface area contributed by atoms with Gasteiger partial charge in [0.2, 0.25) is 29.5 Å². The molecule has 284 valence electrons. The van der Waals surface area contributed by atoms with E-state index in [-0.39, 0.29) is 44.4 Å². The molecule has 0 aliphatic heterocycles. The number of hydrogen-bond donors (Lipinski definition) is 9. The summed E-state index contributed by atoms with van der Waals surface area (Å²) >= 11 is 0. The highest BCUT2D eigenvalue weighted by Gasteiger charge is 2.47. The summed E-state index contributed by atoms with van der Waals surface area (Å²) in [5.74, 6) is -4.31. The summed E-state index contributed by atoms with van der Waals surface area (Å²) in [4.78, 5) is 79.6. The molecule has 1 aromatic rings. The van der Waals surface area contributed by atoms with Crippen LogP contribution in [0.5, 0.6) is 0 Å². The lowest BCUT2D eigenvalue weighted by atomic mass is 9.92. The quantitative estimate of drug-likeness (QED) is 0.0537. The first-order valence-electron chi connectivity index (χ1n) is 17.8. The summed E-state index contributed by atoms with van der Waals surface area (Å²) in [7, 11) is 0. The van der Waals surface area contributed by atoms with E-state index < -0.39 is 71.3 Å². The molecular formula is C36H58N8O7. The molecule has 5 amide bonds. The Bertz CT molecular complexity index is 1340. The van der Waals surface area contributed by atoms with Gasteiger partial charge in [0.15, 0.2) is 0 Å². The molecule has 15 heteroatoms. The molecule has 1 aliphatic rings. The number of carbonyl (C=O) groups excluding carboxylic acids is 5. The van der Waals surface area contributed by atoms with Crippen molar-refractivity contribution in [3.8, 4) is 0 Å². The SMILES string of the molecule is C=CC[C@H](NC(=O)[C@H](CCCCN)NC(=O)[C@H](CCCCN)NC(=O)[C@H](C)N)C(=O)NC1(C(=O)N[C@@H](CC(C)C)C(=O)O)Cc2ccccc2C1. The van der Waals surface area contributed by atoms with Gasteiger partial charge >= 0.3 is 5.97 Å². The predicted octanol–water partition coefficient (Wildman–Crippen LogP) is -0.109.